The minimum Gasteiger partial charge on any atom is -0.369 e. The third-order valence-electron chi connectivity index (χ3n) is 3.92. The van der Waals surface area contributed by atoms with Crippen LogP contribution >= 0.6 is 23.2 Å². The van der Waals surface area contributed by atoms with Gasteiger partial charge in [0.05, 0.1) is 10.0 Å². The Morgan fingerprint density at radius 2 is 1.90 bits per heavy atom. The lowest BCUT2D eigenvalue weighted by atomic mass is 9.98. The highest BCUT2D eigenvalue weighted by Crippen LogP contribution is 2.27. The minimum absolute atomic E-state index is 0.203. The Bertz CT molecular complexity index is 642. The Morgan fingerprint density at radius 1 is 1.10 bits per heavy atom. The van der Waals surface area contributed by atoms with Gasteiger partial charge in [0.2, 0.25) is 0 Å². The summed E-state index contributed by atoms with van der Waals surface area (Å²) in [7, 11) is 0. The molecule has 2 aromatic carbocycles. The molecule has 2 nitrogen and oxygen atoms in total. The first-order chi connectivity index (χ1) is 10.1. The molecule has 21 heavy (non-hydrogen) atoms. The van der Waals surface area contributed by atoms with E-state index in [4.69, 9.17) is 28.9 Å². The zero-order valence-corrected chi connectivity index (χ0v) is 13.2. The van der Waals surface area contributed by atoms with Crippen LogP contribution in [0.3, 0.4) is 0 Å². The van der Waals surface area contributed by atoms with Gasteiger partial charge in [-0.25, -0.2) is 0 Å². The molecule has 1 unspecified atom stereocenters. The zero-order valence-electron chi connectivity index (χ0n) is 11.7. The molecule has 3 rings (SSSR count). The van der Waals surface area contributed by atoms with Crippen LogP contribution in [0.2, 0.25) is 10.0 Å². The summed E-state index contributed by atoms with van der Waals surface area (Å²) in [5.74, 6) is 0. The maximum atomic E-state index is 6.17. The Labute approximate surface area is 135 Å². The van der Waals surface area contributed by atoms with Crippen molar-refractivity contribution in [2.45, 2.75) is 18.9 Å². The molecule has 1 atom stereocenters. The molecule has 0 bridgehead atoms. The van der Waals surface area contributed by atoms with E-state index in [0.717, 1.165) is 25.9 Å². The van der Waals surface area contributed by atoms with Gasteiger partial charge in [-0.15, -0.1) is 0 Å². The molecule has 0 fully saturated rings. The Hall–Kier alpha value is -1.22. The maximum Gasteiger partial charge on any atom is 0.0595 e. The molecule has 110 valence electrons. The second kappa shape index (κ2) is 6.27. The summed E-state index contributed by atoms with van der Waals surface area (Å²) in [5, 5.41) is 1.22. The Morgan fingerprint density at radius 3 is 2.71 bits per heavy atom. The predicted octanol–water partition coefficient (Wildman–Crippen LogP) is 3.93. The van der Waals surface area contributed by atoms with E-state index in [2.05, 4.69) is 29.2 Å². The van der Waals surface area contributed by atoms with Crippen LogP contribution in [0.15, 0.2) is 42.5 Å². The van der Waals surface area contributed by atoms with Crippen LogP contribution in [0.1, 0.15) is 11.1 Å². The number of fused-ring (bicyclic) bond motifs is 1. The van der Waals surface area contributed by atoms with Crippen LogP contribution in [-0.2, 0) is 12.8 Å². The summed E-state index contributed by atoms with van der Waals surface area (Å²) in [6, 6.07) is 14.5. The minimum atomic E-state index is 0.203. The fourth-order valence-corrected chi connectivity index (χ4v) is 3.21. The lowest BCUT2D eigenvalue weighted by molar-refractivity contribution is 0.599. The fourth-order valence-electron chi connectivity index (χ4n) is 2.89. The van der Waals surface area contributed by atoms with Gasteiger partial charge in [-0.05, 0) is 42.2 Å². The van der Waals surface area contributed by atoms with Crippen LogP contribution < -0.4 is 10.6 Å². The van der Waals surface area contributed by atoms with Gasteiger partial charge in [0.15, 0.2) is 0 Å². The van der Waals surface area contributed by atoms with Crippen molar-refractivity contribution < 1.29 is 0 Å². The molecular weight excluding hydrogens is 303 g/mol. The van der Waals surface area contributed by atoms with Gasteiger partial charge >= 0.3 is 0 Å². The average molecular weight is 321 g/mol. The highest BCUT2D eigenvalue weighted by atomic mass is 35.5. The standard InChI is InChI=1S/C17H18Cl2N2/c18-15-6-5-12(9-16(15)19)7-8-21-11-14(20)10-13-3-1-2-4-17(13)21/h1-6,9,14H,7-8,10-11,20H2. The highest BCUT2D eigenvalue weighted by Gasteiger charge is 2.21. The van der Waals surface area contributed by atoms with E-state index < -0.39 is 0 Å². The summed E-state index contributed by atoms with van der Waals surface area (Å²) in [6.07, 6.45) is 1.89. The normalized spacial score (nSPS) is 17.7. The van der Waals surface area contributed by atoms with Crippen molar-refractivity contribution in [1.29, 1.82) is 0 Å². The molecule has 0 amide bonds. The topological polar surface area (TPSA) is 29.3 Å². The lowest BCUT2D eigenvalue weighted by Gasteiger charge is -2.34. The van der Waals surface area contributed by atoms with Crippen LogP contribution in [0, 0.1) is 0 Å². The van der Waals surface area contributed by atoms with Crippen LogP contribution in [-0.4, -0.2) is 19.1 Å². The third-order valence-corrected chi connectivity index (χ3v) is 4.66. The van der Waals surface area contributed by atoms with E-state index in [1.807, 2.05) is 18.2 Å². The zero-order chi connectivity index (χ0) is 14.8. The van der Waals surface area contributed by atoms with Crippen molar-refractivity contribution in [3.8, 4) is 0 Å². The number of halogens is 2. The van der Waals surface area contributed by atoms with E-state index in [9.17, 15) is 0 Å². The molecule has 4 heteroatoms. The fraction of sp³-hybridized carbons (Fsp3) is 0.294. The van der Waals surface area contributed by atoms with Gasteiger partial charge in [-0.3, -0.25) is 0 Å². The highest BCUT2D eigenvalue weighted by molar-refractivity contribution is 6.42. The smallest absolute Gasteiger partial charge is 0.0595 e. The third kappa shape index (κ3) is 3.34. The molecule has 2 N–H and O–H groups in total. The van der Waals surface area contributed by atoms with Crippen LogP contribution in [0.25, 0.3) is 0 Å². The largest absolute Gasteiger partial charge is 0.369 e. The number of anilines is 1. The lowest BCUT2D eigenvalue weighted by Crippen LogP contribution is -2.44. The van der Waals surface area contributed by atoms with Crippen molar-refractivity contribution in [1.82, 2.24) is 0 Å². The number of hydrogen-bond donors (Lipinski definition) is 1. The molecule has 1 aliphatic rings. The number of para-hydroxylation sites is 1. The molecule has 0 saturated carbocycles. The van der Waals surface area contributed by atoms with Crippen molar-refractivity contribution in [2.24, 2.45) is 5.73 Å². The molecule has 0 aliphatic carbocycles. The Balaban J connectivity index is 1.74. The van der Waals surface area contributed by atoms with E-state index >= 15 is 0 Å². The van der Waals surface area contributed by atoms with Gasteiger partial charge in [0.25, 0.3) is 0 Å². The SMILES string of the molecule is NC1Cc2ccccc2N(CCc2ccc(Cl)c(Cl)c2)C1. The van der Waals surface area contributed by atoms with E-state index in [-0.39, 0.29) is 6.04 Å². The van der Waals surface area contributed by atoms with Gasteiger partial charge in [-0.1, -0.05) is 47.5 Å². The maximum absolute atomic E-state index is 6.17. The van der Waals surface area contributed by atoms with Gasteiger partial charge < -0.3 is 10.6 Å². The van der Waals surface area contributed by atoms with Crippen molar-refractivity contribution >= 4 is 28.9 Å². The van der Waals surface area contributed by atoms with E-state index in [1.54, 1.807) is 0 Å². The quantitative estimate of drug-likeness (QED) is 0.928. The second-order valence-corrected chi connectivity index (χ2v) is 6.35. The average Bonchev–Trinajstić information content (AvgIpc) is 2.48. The Kier molecular flexibility index (Phi) is 4.39. The summed E-state index contributed by atoms with van der Waals surface area (Å²) < 4.78 is 0. The summed E-state index contributed by atoms with van der Waals surface area (Å²) in [5.41, 5.74) is 10.0. The molecule has 2 aromatic rings. The predicted molar refractivity (Wildman–Crippen MR) is 90.5 cm³/mol. The molecule has 0 radical (unpaired) electrons. The first kappa shape index (κ1) is 14.7. The molecule has 0 aromatic heterocycles. The summed E-state index contributed by atoms with van der Waals surface area (Å²) >= 11 is 12.0. The van der Waals surface area contributed by atoms with Gasteiger partial charge in [0.1, 0.15) is 0 Å². The van der Waals surface area contributed by atoms with Crippen molar-refractivity contribution in [2.75, 3.05) is 18.0 Å². The molecule has 0 saturated heterocycles. The van der Waals surface area contributed by atoms with Crippen LogP contribution in [0.5, 0.6) is 0 Å². The summed E-state index contributed by atoms with van der Waals surface area (Å²) in [6.45, 7) is 1.83. The molecule has 0 spiro atoms. The van der Waals surface area contributed by atoms with E-state index in [1.165, 1.54) is 16.8 Å². The van der Waals surface area contributed by atoms with Crippen molar-refractivity contribution in [3.05, 3.63) is 63.6 Å². The molecule has 1 heterocycles. The number of nitrogens with zero attached hydrogens (tertiary/aromatic N) is 1. The second-order valence-electron chi connectivity index (χ2n) is 5.54. The first-order valence-corrected chi connectivity index (χ1v) is 7.91. The number of nitrogens with two attached hydrogens (primary N) is 1. The van der Waals surface area contributed by atoms with Gasteiger partial charge in [0, 0.05) is 24.8 Å². The summed E-state index contributed by atoms with van der Waals surface area (Å²) in [4.78, 5) is 2.37. The first-order valence-electron chi connectivity index (χ1n) is 7.16. The number of benzene rings is 2. The van der Waals surface area contributed by atoms with Crippen LogP contribution in [0.4, 0.5) is 5.69 Å². The molecular formula is C17H18Cl2N2. The van der Waals surface area contributed by atoms with Gasteiger partial charge in [-0.2, -0.15) is 0 Å². The number of hydrogen-bond acceptors (Lipinski definition) is 2. The number of rotatable bonds is 3. The monoisotopic (exact) mass is 320 g/mol. The molecule has 1 aliphatic heterocycles. The van der Waals surface area contributed by atoms with Crippen molar-refractivity contribution in [3.63, 3.8) is 0 Å². The van der Waals surface area contributed by atoms with E-state index in [0.29, 0.717) is 10.0 Å².